The number of aromatic nitrogens is 1. The molecule has 5 heteroatoms. The van der Waals surface area contributed by atoms with E-state index in [0.717, 1.165) is 15.0 Å². The molecule has 0 aliphatic rings. The molecule has 0 saturated heterocycles. The Bertz CT molecular complexity index is 553. The molecule has 1 unspecified atom stereocenters. The van der Waals surface area contributed by atoms with Crippen LogP contribution in [0.2, 0.25) is 0 Å². The van der Waals surface area contributed by atoms with Gasteiger partial charge in [-0.15, -0.1) is 11.3 Å². The molecule has 3 nitrogen and oxygen atoms in total. The number of carbonyl (C=O) groups is 1. The predicted octanol–water partition coefficient (Wildman–Crippen LogP) is 3.76. The van der Waals surface area contributed by atoms with Gasteiger partial charge >= 0.3 is 5.97 Å². The summed E-state index contributed by atoms with van der Waals surface area (Å²) in [4.78, 5) is 15.2. The number of benzene rings is 1. The molecule has 0 aliphatic heterocycles. The van der Waals surface area contributed by atoms with Gasteiger partial charge in [-0.05, 0) is 19.1 Å². The molecule has 1 atom stereocenters. The predicted molar refractivity (Wildman–Crippen MR) is 71.3 cm³/mol. The number of thiazole rings is 1. The summed E-state index contributed by atoms with van der Waals surface area (Å²) in [5, 5.41) is 11.6. The van der Waals surface area contributed by atoms with E-state index in [9.17, 15) is 4.79 Å². The summed E-state index contributed by atoms with van der Waals surface area (Å²) < 4.78 is 0.984. The Morgan fingerprint density at radius 2 is 2.29 bits per heavy atom. The first-order valence-corrected chi connectivity index (χ1v) is 6.69. The van der Waals surface area contributed by atoms with Crippen molar-refractivity contribution in [3.8, 4) is 10.6 Å². The summed E-state index contributed by atoms with van der Waals surface area (Å²) in [6.45, 7) is 1.64. The number of hydrogen-bond acceptors (Lipinski definition) is 3. The van der Waals surface area contributed by atoms with E-state index in [1.54, 1.807) is 12.3 Å². The minimum atomic E-state index is -0.851. The first-order valence-electron chi connectivity index (χ1n) is 5.02. The molecule has 88 valence electrons. The molecular formula is C12H10BrNO2S. The van der Waals surface area contributed by atoms with Gasteiger partial charge in [0.25, 0.3) is 0 Å². The molecule has 0 bridgehead atoms. The van der Waals surface area contributed by atoms with Gasteiger partial charge in [-0.2, -0.15) is 0 Å². The fourth-order valence-electron chi connectivity index (χ4n) is 1.37. The summed E-state index contributed by atoms with van der Waals surface area (Å²) in [7, 11) is 0. The van der Waals surface area contributed by atoms with E-state index < -0.39 is 11.9 Å². The maximum atomic E-state index is 10.9. The van der Waals surface area contributed by atoms with Crippen molar-refractivity contribution in [1.29, 1.82) is 0 Å². The van der Waals surface area contributed by atoms with E-state index in [-0.39, 0.29) is 0 Å². The molecule has 0 radical (unpaired) electrons. The molecule has 1 aromatic carbocycles. The van der Waals surface area contributed by atoms with Crippen LogP contribution in [0.25, 0.3) is 10.6 Å². The van der Waals surface area contributed by atoms with Crippen molar-refractivity contribution in [2.75, 3.05) is 0 Å². The Hall–Kier alpha value is -1.20. The Morgan fingerprint density at radius 1 is 1.53 bits per heavy atom. The van der Waals surface area contributed by atoms with Crippen LogP contribution in [0.1, 0.15) is 18.5 Å². The summed E-state index contributed by atoms with van der Waals surface area (Å²) >= 11 is 4.86. The van der Waals surface area contributed by atoms with Crippen LogP contribution < -0.4 is 0 Å². The molecule has 0 saturated carbocycles. The fraction of sp³-hybridized carbons (Fsp3) is 0.167. The number of carboxylic acid groups (broad SMARTS) is 1. The third-order valence-electron chi connectivity index (χ3n) is 2.41. The lowest BCUT2D eigenvalue weighted by Crippen LogP contribution is -2.07. The molecular weight excluding hydrogens is 302 g/mol. The van der Waals surface area contributed by atoms with Gasteiger partial charge < -0.3 is 5.11 Å². The summed E-state index contributed by atoms with van der Waals surface area (Å²) in [6.07, 6.45) is 0. The molecule has 2 rings (SSSR count). The van der Waals surface area contributed by atoms with Gasteiger partial charge in [0.1, 0.15) is 5.01 Å². The van der Waals surface area contributed by atoms with Gasteiger partial charge in [0.2, 0.25) is 0 Å². The molecule has 17 heavy (non-hydrogen) atoms. The number of rotatable bonds is 3. The Morgan fingerprint density at radius 3 is 2.94 bits per heavy atom. The molecule has 0 aliphatic carbocycles. The van der Waals surface area contributed by atoms with Crippen LogP contribution in [0.3, 0.4) is 0 Å². The first-order chi connectivity index (χ1) is 8.08. The highest BCUT2D eigenvalue weighted by atomic mass is 79.9. The lowest BCUT2D eigenvalue weighted by molar-refractivity contribution is -0.138. The van der Waals surface area contributed by atoms with Gasteiger partial charge in [0.15, 0.2) is 0 Å². The van der Waals surface area contributed by atoms with Crippen LogP contribution in [-0.2, 0) is 4.79 Å². The van der Waals surface area contributed by atoms with Crippen molar-refractivity contribution >= 4 is 33.2 Å². The van der Waals surface area contributed by atoms with E-state index in [4.69, 9.17) is 5.11 Å². The van der Waals surface area contributed by atoms with Crippen LogP contribution >= 0.6 is 27.3 Å². The number of nitrogens with zero attached hydrogens (tertiary/aromatic N) is 1. The summed E-state index contributed by atoms with van der Waals surface area (Å²) in [6, 6.07) is 7.80. The largest absolute Gasteiger partial charge is 0.481 e. The Balaban J connectivity index is 2.33. The fourth-order valence-corrected chi connectivity index (χ4v) is 2.68. The smallest absolute Gasteiger partial charge is 0.312 e. The van der Waals surface area contributed by atoms with Crippen molar-refractivity contribution in [1.82, 2.24) is 4.98 Å². The maximum absolute atomic E-state index is 10.9. The zero-order valence-electron chi connectivity index (χ0n) is 9.05. The molecule has 1 aromatic heterocycles. The van der Waals surface area contributed by atoms with Gasteiger partial charge in [-0.1, -0.05) is 28.1 Å². The van der Waals surface area contributed by atoms with E-state index in [2.05, 4.69) is 20.9 Å². The lowest BCUT2D eigenvalue weighted by Gasteiger charge is -2.00. The quantitative estimate of drug-likeness (QED) is 0.939. The molecule has 1 heterocycles. The average Bonchev–Trinajstić information content (AvgIpc) is 2.77. The molecule has 1 N–H and O–H groups in total. The molecule has 0 spiro atoms. The normalized spacial score (nSPS) is 12.4. The third kappa shape index (κ3) is 2.73. The maximum Gasteiger partial charge on any atom is 0.312 e. The monoisotopic (exact) mass is 311 g/mol. The van der Waals surface area contributed by atoms with Crippen LogP contribution in [0.5, 0.6) is 0 Å². The van der Waals surface area contributed by atoms with Crippen LogP contribution in [-0.4, -0.2) is 16.1 Å². The topological polar surface area (TPSA) is 50.2 Å². The van der Waals surface area contributed by atoms with Crippen molar-refractivity contribution in [3.63, 3.8) is 0 Å². The Kier molecular flexibility index (Phi) is 3.59. The molecule has 0 amide bonds. The summed E-state index contributed by atoms with van der Waals surface area (Å²) in [5.74, 6) is -1.41. The minimum Gasteiger partial charge on any atom is -0.481 e. The standard InChI is InChI=1S/C12H10BrNO2S/c1-7(12(15)16)10-6-17-11(14-10)8-3-2-4-9(13)5-8/h2-7H,1H3,(H,15,16). The summed E-state index contributed by atoms with van der Waals surface area (Å²) in [5.41, 5.74) is 1.60. The average molecular weight is 312 g/mol. The van der Waals surface area contributed by atoms with Crippen molar-refractivity contribution in [2.24, 2.45) is 0 Å². The van der Waals surface area contributed by atoms with Crippen molar-refractivity contribution < 1.29 is 9.90 Å². The number of halogens is 1. The van der Waals surface area contributed by atoms with E-state index in [1.807, 2.05) is 24.3 Å². The van der Waals surface area contributed by atoms with Crippen LogP contribution in [0, 0.1) is 0 Å². The second-order valence-electron chi connectivity index (χ2n) is 3.65. The zero-order valence-corrected chi connectivity index (χ0v) is 11.5. The van der Waals surface area contributed by atoms with E-state index in [1.165, 1.54) is 11.3 Å². The Labute approximate surface area is 111 Å². The molecule has 2 aromatic rings. The van der Waals surface area contributed by atoms with Crippen LogP contribution in [0.15, 0.2) is 34.1 Å². The third-order valence-corrected chi connectivity index (χ3v) is 3.81. The highest BCUT2D eigenvalue weighted by molar-refractivity contribution is 9.10. The first kappa shape index (κ1) is 12.3. The van der Waals surface area contributed by atoms with Gasteiger partial charge in [-0.25, -0.2) is 4.98 Å². The number of aliphatic carboxylic acids is 1. The number of carboxylic acids is 1. The molecule has 0 fully saturated rings. The van der Waals surface area contributed by atoms with Gasteiger partial charge in [0, 0.05) is 15.4 Å². The second-order valence-corrected chi connectivity index (χ2v) is 5.42. The minimum absolute atomic E-state index is 0.563. The SMILES string of the molecule is CC(C(=O)O)c1csc(-c2cccc(Br)c2)n1. The van der Waals surface area contributed by atoms with Gasteiger partial charge in [0.05, 0.1) is 11.6 Å². The van der Waals surface area contributed by atoms with Crippen molar-refractivity contribution in [2.45, 2.75) is 12.8 Å². The van der Waals surface area contributed by atoms with E-state index in [0.29, 0.717) is 5.69 Å². The van der Waals surface area contributed by atoms with Gasteiger partial charge in [-0.3, -0.25) is 4.79 Å². The zero-order chi connectivity index (χ0) is 12.4. The van der Waals surface area contributed by atoms with Crippen molar-refractivity contribution in [3.05, 3.63) is 39.8 Å². The van der Waals surface area contributed by atoms with E-state index >= 15 is 0 Å². The highest BCUT2D eigenvalue weighted by Crippen LogP contribution is 2.28. The lowest BCUT2D eigenvalue weighted by atomic mass is 10.1. The highest BCUT2D eigenvalue weighted by Gasteiger charge is 2.17. The van der Waals surface area contributed by atoms with Crippen LogP contribution in [0.4, 0.5) is 0 Å². The second kappa shape index (κ2) is 4.98. The number of hydrogen-bond donors (Lipinski definition) is 1.